The van der Waals surface area contributed by atoms with Gasteiger partial charge in [-0.3, -0.25) is 9.10 Å². The molecule has 1 atom stereocenters. The third-order valence-electron chi connectivity index (χ3n) is 4.48. The number of benzene rings is 2. The van der Waals surface area contributed by atoms with Crippen molar-refractivity contribution in [3.8, 4) is 0 Å². The van der Waals surface area contributed by atoms with Gasteiger partial charge < -0.3 is 5.32 Å². The minimum atomic E-state index is -3.41. The summed E-state index contributed by atoms with van der Waals surface area (Å²) in [4.78, 5) is 13.2. The van der Waals surface area contributed by atoms with E-state index in [0.29, 0.717) is 18.7 Å². The lowest BCUT2D eigenvalue weighted by Gasteiger charge is -2.23. The van der Waals surface area contributed by atoms with Crippen LogP contribution in [0.1, 0.15) is 31.2 Å². The zero-order valence-corrected chi connectivity index (χ0v) is 18.2. The van der Waals surface area contributed by atoms with E-state index in [9.17, 15) is 13.2 Å². The molecule has 0 radical (unpaired) electrons. The first-order valence-electron chi connectivity index (χ1n) is 9.24. The van der Waals surface area contributed by atoms with Gasteiger partial charge in [-0.1, -0.05) is 43.3 Å². The predicted octanol–water partition coefficient (Wildman–Crippen LogP) is 3.87. The van der Waals surface area contributed by atoms with Crippen LogP contribution in [0.2, 0.25) is 0 Å². The van der Waals surface area contributed by atoms with E-state index in [1.165, 1.54) is 16.1 Å². The SMILES string of the molecule is CSc1cccc(N(CCCC(=O)NC[C@H](C)c2ccccc2)S(C)(=O)=O)c1. The largest absolute Gasteiger partial charge is 0.356 e. The number of anilines is 1. The van der Waals surface area contributed by atoms with Crippen molar-refractivity contribution >= 4 is 33.4 Å². The lowest BCUT2D eigenvalue weighted by Crippen LogP contribution is -2.32. The van der Waals surface area contributed by atoms with Crippen LogP contribution in [-0.4, -0.2) is 39.9 Å². The molecule has 2 rings (SSSR count). The fraction of sp³-hybridized carbons (Fsp3) is 0.381. The highest BCUT2D eigenvalue weighted by molar-refractivity contribution is 7.98. The van der Waals surface area contributed by atoms with Gasteiger partial charge >= 0.3 is 0 Å². The molecule has 0 saturated carbocycles. The number of nitrogens with zero attached hydrogens (tertiary/aromatic N) is 1. The van der Waals surface area contributed by atoms with Crippen LogP contribution < -0.4 is 9.62 Å². The van der Waals surface area contributed by atoms with Crippen molar-refractivity contribution in [2.75, 3.05) is 29.9 Å². The van der Waals surface area contributed by atoms with Crippen LogP contribution in [-0.2, 0) is 14.8 Å². The zero-order valence-electron chi connectivity index (χ0n) is 16.6. The Morgan fingerprint density at radius 2 is 1.86 bits per heavy atom. The molecular weight excluding hydrogens is 392 g/mol. The Labute approximate surface area is 172 Å². The molecule has 0 spiro atoms. The normalized spacial score (nSPS) is 12.4. The number of amides is 1. The lowest BCUT2D eigenvalue weighted by molar-refractivity contribution is -0.121. The molecule has 7 heteroatoms. The Morgan fingerprint density at radius 3 is 2.50 bits per heavy atom. The lowest BCUT2D eigenvalue weighted by atomic mass is 10.0. The number of sulfonamides is 1. The minimum absolute atomic E-state index is 0.0610. The molecule has 28 heavy (non-hydrogen) atoms. The molecular formula is C21H28N2O3S2. The summed E-state index contributed by atoms with van der Waals surface area (Å²) in [6.07, 6.45) is 3.89. The van der Waals surface area contributed by atoms with Crippen molar-refractivity contribution < 1.29 is 13.2 Å². The van der Waals surface area contributed by atoms with Crippen LogP contribution in [0.5, 0.6) is 0 Å². The molecule has 2 aromatic rings. The first kappa shape index (κ1) is 22.3. The van der Waals surface area contributed by atoms with Crippen LogP contribution in [0.15, 0.2) is 59.5 Å². The Bertz CT molecular complexity index is 870. The van der Waals surface area contributed by atoms with Gasteiger partial charge in [-0.05, 0) is 42.4 Å². The van der Waals surface area contributed by atoms with Crippen molar-refractivity contribution in [2.45, 2.75) is 30.6 Å². The summed E-state index contributed by atoms with van der Waals surface area (Å²) in [7, 11) is -3.41. The van der Waals surface area contributed by atoms with E-state index in [1.54, 1.807) is 17.8 Å². The highest BCUT2D eigenvalue weighted by Gasteiger charge is 2.18. The Balaban J connectivity index is 1.87. The van der Waals surface area contributed by atoms with Gasteiger partial charge in [-0.2, -0.15) is 0 Å². The smallest absolute Gasteiger partial charge is 0.232 e. The summed E-state index contributed by atoms with van der Waals surface area (Å²) in [5.41, 5.74) is 1.81. The van der Waals surface area contributed by atoms with Crippen molar-refractivity contribution in [1.29, 1.82) is 0 Å². The highest BCUT2D eigenvalue weighted by atomic mass is 32.2. The minimum Gasteiger partial charge on any atom is -0.356 e. The van der Waals surface area contributed by atoms with E-state index in [1.807, 2.05) is 54.8 Å². The molecule has 0 aromatic heterocycles. The van der Waals surface area contributed by atoms with Gasteiger partial charge in [0.25, 0.3) is 0 Å². The van der Waals surface area contributed by atoms with Crippen LogP contribution >= 0.6 is 11.8 Å². The third-order valence-corrected chi connectivity index (χ3v) is 6.40. The second kappa shape index (κ2) is 10.5. The maximum absolute atomic E-state index is 12.2. The van der Waals surface area contributed by atoms with Gasteiger partial charge in [-0.25, -0.2) is 8.42 Å². The zero-order chi connectivity index (χ0) is 20.6. The van der Waals surface area contributed by atoms with E-state index in [0.717, 1.165) is 4.90 Å². The van der Waals surface area contributed by atoms with Crippen LogP contribution in [0.25, 0.3) is 0 Å². The van der Waals surface area contributed by atoms with E-state index < -0.39 is 10.0 Å². The van der Waals surface area contributed by atoms with Crippen molar-refractivity contribution in [3.63, 3.8) is 0 Å². The monoisotopic (exact) mass is 420 g/mol. The third kappa shape index (κ3) is 6.87. The average molecular weight is 421 g/mol. The van der Waals surface area contributed by atoms with E-state index in [2.05, 4.69) is 12.2 Å². The molecule has 1 amide bonds. The van der Waals surface area contributed by atoms with Gasteiger partial charge in [-0.15, -0.1) is 11.8 Å². The highest BCUT2D eigenvalue weighted by Crippen LogP contribution is 2.24. The summed E-state index contributed by atoms with van der Waals surface area (Å²) in [6.45, 7) is 2.91. The second-order valence-electron chi connectivity index (χ2n) is 6.76. The Kier molecular flexibility index (Phi) is 8.38. The number of thioether (sulfide) groups is 1. The van der Waals surface area contributed by atoms with Crippen molar-refractivity contribution in [3.05, 3.63) is 60.2 Å². The fourth-order valence-electron chi connectivity index (χ4n) is 2.89. The Morgan fingerprint density at radius 1 is 1.14 bits per heavy atom. The maximum atomic E-state index is 12.2. The second-order valence-corrected chi connectivity index (χ2v) is 9.54. The maximum Gasteiger partial charge on any atom is 0.232 e. The first-order valence-corrected chi connectivity index (χ1v) is 12.3. The molecule has 0 fully saturated rings. The number of nitrogens with one attached hydrogen (secondary N) is 1. The summed E-state index contributed by atoms with van der Waals surface area (Å²) in [5, 5.41) is 2.94. The summed E-state index contributed by atoms with van der Waals surface area (Å²) in [5.74, 6) is 0.168. The number of hydrogen-bond acceptors (Lipinski definition) is 4. The summed E-state index contributed by atoms with van der Waals surface area (Å²) < 4.78 is 25.8. The molecule has 5 nitrogen and oxygen atoms in total. The molecule has 2 aromatic carbocycles. The number of carbonyl (C=O) groups excluding carboxylic acids is 1. The summed E-state index contributed by atoms with van der Waals surface area (Å²) >= 11 is 1.56. The van der Waals surface area contributed by atoms with Crippen molar-refractivity contribution in [2.24, 2.45) is 0 Å². The molecule has 0 aliphatic heterocycles. The topological polar surface area (TPSA) is 66.5 Å². The van der Waals surface area contributed by atoms with Crippen LogP contribution in [0, 0.1) is 0 Å². The van der Waals surface area contributed by atoms with Crippen LogP contribution in [0.4, 0.5) is 5.69 Å². The van der Waals surface area contributed by atoms with Crippen molar-refractivity contribution in [1.82, 2.24) is 5.32 Å². The van der Waals surface area contributed by atoms with E-state index in [-0.39, 0.29) is 24.8 Å². The van der Waals surface area contributed by atoms with Gasteiger partial charge in [0.15, 0.2) is 0 Å². The Hall–Kier alpha value is -1.99. The number of carbonyl (C=O) groups is 1. The number of hydrogen-bond donors (Lipinski definition) is 1. The van der Waals surface area contributed by atoms with E-state index >= 15 is 0 Å². The molecule has 0 heterocycles. The van der Waals surface area contributed by atoms with Gasteiger partial charge in [0, 0.05) is 24.4 Å². The number of rotatable bonds is 10. The fourth-order valence-corrected chi connectivity index (χ4v) is 4.30. The molecule has 0 aliphatic carbocycles. The predicted molar refractivity (Wildman–Crippen MR) is 118 cm³/mol. The van der Waals surface area contributed by atoms with Gasteiger partial charge in [0.05, 0.1) is 11.9 Å². The molecule has 1 N–H and O–H groups in total. The first-order chi connectivity index (χ1) is 13.3. The van der Waals surface area contributed by atoms with Crippen LogP contribution in [0.3, 0.4) is 0 Å². The molecule has 0 unspecified atom stereocenters. The molecule has 0 bridgehead atoms. The molecule has 152 valence electrons. The standard InChI is InChI=1S/C21H28N2O3S2/c1-17(18-9-5-4-6-10-18)16-22-21(24)13-8-14-23(28(3,25)26)19-11-7-12-20(15-19)27-2/h4-7,9-12,15,17H,8,13-14,16H2,1-3H3,(H,22,24)/t17-/m0/s1. The van der Waals surface area contributed by atoms with Gasteiger partial charge in [0.1, 0.15) is 0 Å². The average Bonchev–Trinajstić information content (AvgIpc) is 2.69. The molecule has 0 aliphatic rings. The summed E-state index contributed by atoms with van der Waals surface area (Å²) in [6, 6.07) is 17.5. The van der Waals surface area contributed by atoms with Gasteiger partial charge in [0.2, 0.25) is 15.9 Å². The molecule has 0 saturated heterocycles. The quantitative estimate of drug-likeness (QED) is 0.593. The van der Waals surface area contributed by atoms with E-state index in [4.69, 9.17) is 0 Å².